The molecule has 0 aliphatic rings. The highest BCUT2D eigenvalue weighted by Crippen LogP contribution is 2.25. The van der Waals surface area contributed by atoms with E-state index in [-0.39, 0.29) is 5.75 Å². The average molecular weight is 585 g/mol. The smallest absolute Gasteiger partial charge is 0.406 e. The van der Waals surface area contributed by atoms with Crippen molar-refractivity contribution in [2.24, 2.45) is 0 Å². The van der Waals surface area contributed by atoms with Crippen LogP contribution in [0.25, 0.3) is 5.69 Å². The molecule has 0 unspecified atom stereocenters. The molecule has 9 heteroatoms. The molecule has 210 valence electrons. The van der Waals surface area contributed by atoms with Crippen molar-refractivity contribution < 1.29 is 17.9 Å². The zero-order valence-corrected chi connectivity index (χ0v) is 23.6. The van der Waals surface area contributed by atoms with Crippen LogP contribution in [-0.2, 0) is 0 Å². The molecule has 0 radical (unpaired) electrons. The molecule has 0 bridgehead atoms. The van der Waals surface area contributed by atoms with Gasteiger partial charge in [-0.1, -0.05) is 47.7 Å². The minimum absolute atomic E-state index is 0.281. The van der Waals surface area contributed by atoms with Gasteiger partial charge in [0.05, 0.1) is 5.69 Å². The predicted molar refractivity (Wildman–Crippen MR) is 156 cm³/mol. The van der Waals surface area contributed by atoms with E-state index < -0.39 is 6.36 Å². The lowest BCUT2D eigenvalue weighted by Gasteiger charge is -2.11. The van der Waals surface area contributed by atoms with Gasteiger partial charge in [0.25, 0.3) is 0 Å². The van der Waals surface area contributed by atoms with Gasteiger partial charge in [-0.3, -0.25) is 4.57 Å². The molecule has 0 saturated carbocycles. The second-order valence-electron chi connectivity index (χ2n) is 8.87. The first kappa shape index (κ1) is 29.9. The van der Waals surface area contributed by atoms with E-state index in [1.807, 2.05) is 62.4 Å². The summed E-state index contributed by atoms with van der Waals surface area (Å²) in [5.41, 5.74) is 5.53. The third kappa shape index (κ3) is 8.72. The molecule has 3 aromatic heterocycles. The van der Waals surface area contributed by atoms with Gasteiger partial charge < -0.3 is 4.74 Å². The van der Waals surface area contributed by atoms with Crippen LogP contribution < -0.4 is 4.74 Å². The summed E-state index contributed by atoms with van der Waals surface area (Å²) in [5, 5.41) is 0.349. The van der Waals surface area contributed by atoms with Gasteiger partial charge in [0.1, 0.15) is 28.1 Å². The van der Waals surface area contributed by atoms with Crippen molar-refractivity contribution in [2.75, 3.05) is 0 Å². The topological polar surface area (TPSA) is 52.8 Å². The SMILES string of the molecule is Cc1cccc(C#Cc2ccccc2)n1.Cc1nc(C#Cc2ccnc(Cl)c2)c(C)n1-c1ccc(OC(F)(F)F)cc1. The van der Waals surface area contributed by atoms with Crippen LogP contribution in [0.4, 0.5) is 13.2 Å². The van der Waals surface area contributed by atoms with Crippen LogP contribution in [0.15, 0.2) is 91.1 Å². The van der Waals surface area contributed by atoms with Gasteiger partial charge in [-0.2, -0.15) is 0 Å². The van der Waals surface area contributed by atoms with E-state index in [0.717, 1.165) is 22.6 Å². The Kier molecular flexibility index (Phi) is 9.65. The average Bonchev–Trinajstić information content (AvgIpc) is 3.24. The van der Waals surface area contributed by atoms with E-state index in [1.165, 1.54) is 24.3 Å². The number of aromatic nitrogens is 4. The Morgan fingerprint density at radius 1 is 0.762 bits per heavy atom. The monoisotopic (exact) mass is 584 g/mol. The number of rotatable bonds is 2. The molecule has 5 nitrogen and oxygen atoms in total. The molecular weight excluding hydrogens is 561 g/mol. The molecule has 0 aliphatic heterocycles. The Hall–Kier alpha value is -5.05. The van der Waals surface area contributed by atoms with E-state index in [9.17, 15) is 13.2 Å². The number of benzene rings is 2. The first-order chi connectivity index (χ1) is 20.1. The number of hydrogen-bond acceptors (Lipinski definition) is 4. The van der Waals surface area contributed by atoms with E-state index in [1.54, 1.807) is 29.8 Å². The van der Waals surface area contributed by atoms with Crippen LogP contribution in [0.3, 0.4) is 0 Å². The molecule has 42 heavy (non-hydrogen) atoms. The Balaban J connectivity index is 0.000000227. The third-order valence-corrected chi connectivity index (χ3v) is 5.86. The molecule has 0 saturated heterocycles. The number of alkyl halides is 3. The summed E-state index contributed by atoms with van der Waals surface area (Å²) >= 11 is 5.84. The summed E-state index contributed by atoms with van der Waals surface area (Å²) in [6.45, 7) is 5.60. The number of halogens is 4. The summed E-state index contributed by atoms with van der Waals surface area (Å²) in [4.78, 5) is 12.6. The normalized spacial score (nSPS) is 10.4. The lowest BCUT2D eigenvalue weighted by Crippen LogP contribution is -2.17. The summed E-state index contributed by atoms with van der Waals surface area (Å²) in [5.74, 6) is 12.5. The molecule has 5 rings (SSSR count). The van der Waals surface area contributed by atoms with Crippen LogP contribution in [-0.4, -0.2) is 25.9 Å². The number of ether oxygens (including phenoxy) is 1. The molecule has 0 amide bonds. The third-order valence-electron chi connectivity index (χ3n) is 5.65. The minimum atomic E-state index is -4.72. The van der Waals surface area contributed by atoms with Gasteiger partial charge >= 0.3 is 6.36 Å². The number of nitrogens with zero attached hydrogens (tertiary/aromatic N) is 4. The van der Waals surface area contributed by atoms with E-state index in [0.29, 0.717) is 27.9 Å². The highest BCUT2D eigenvalue weighted by atomic mass is 35.5. The van der Waals surface area contributed by atoms with Crippen molar-refractivity contribution in [1.29, 1.82) is 0 Å². The van der Waals surface area contributed by atoms with Crippen LogP contribution in [0.1, 0.15) is 39.7 Å². The number of pyridine rings is 2. The first-order valence-corrected chi connectivity index (χ1v) is 13.0. The van der Waals surface area contributed by atoms with Gasteiger partial charge in [0.2, 0.25) is 0 Å². The maximum Gasteiger partial charge on any atom is 0.573 e. The van der Waals surface area contributed by atoms with E-state index in [4.69, 9.17) is 11.6 Å². The second kappa shape index (κ2) is 13.5. The summed E-state index contributed by atoms with van der Waals surface area (Å²) in [7, 11) is 0. The molecule has 0 atom stereocenters. The highest BCUT2D eigenvalue weighted by molar-refractivity contribution is 6.29. The van der Waals surface area contributed by atoms with Crippen LogP contribution in [0.5, 0.6) is 5.75 Å². The molecule has 2 aromatic carbocycles. The number of hydrogen-bond donors (Lipinski definition) is 0. The molecule has 0 N–H and O–H groups in total. The largest absolute Gasteiger partial charge is 0.573 e. The van der Waals surface area contributed by atoms with Crippen molar-refractivity contribution in [1.82, 2.24) is 19.5 Å². The van der Waals surface area contributed by atoms with Gasteiger partial charge in [-0.15, -0.1) is 13.2 Å². The van der Waals surface area contributed by atoms with Gasteiger partial charge in [-0.05, 0) is 93.3 Å². The molecule has 5 aromatic rings. The summed E-state index contributed by atoms with van der Waals surface area (Å²) in [6, 6.07) is 24.7. The fraction of sp³-hybridized carbons (Fsp3) is 0.121. The lowest BCUT2D eigenvalue weighted by atomic mass is 10.2. The fourth-order valence-corrected chi connectivity index (χ4v) is 3.99. The van der Waals surface area contributed by atoms with Crippen molar-refractivity contribution >= 4 is 11.6 Å². The molecular formula is C33H24ClF3N4O. The molecule has 0 spiro atoms. The minimum Gasteiger partial charge on any atom is -0.406 e. The zero-order valence-electron chi connectivity index (χ0n) is 22.9. The number of aryl methyl sites for hydroxylation is 2. The Bertz CT molecular complexity index is 1790. The second-order valence-corrected chi connectivity index (χ2v) is 9.25. The summed E-state index contributed by atoms with van der Waals surface area (Å²) in [6.07, 6.45) is -3.16. The van der Waals surface area contributed by atoms with E-state index >= 15 is 0 Å². The zero-order chi connectivity index (χ0) is 30.1. The van der Waals surface area contributed by atoms with Crippen LogP contribution >= 0.6 is 11.6 Å². The molecule has 3 heterocycles. The fourth-order valence-electron chi connectivity index (χ4n) is 3.82. The van der Waals surface area contributed by atoms with Crippen LogP contribution in [0.2, 0.25) is 5.15 Å². The Morgan fingerprint density at radius 3 is 2.14 bits per heavy atom. The molecule has 0 aliphatic carbocycles. The van der Waals surface area contributed by atoms with Gasteiger partial charge in [0.15, 0.2) is 0 Å². The lowest BCUT2D eigenvalue weighted by molar-refractivity contribution is -0.274. The van der Waals surface area contributed by atoms with Crippen molar-refractivity contribution in [2.45, 2.75) is 27.1 Å². The maximum atomic E-state index is 12.3. The van der Waals surface area contributed by atoms with Gasteiger partial charge in [-0.25, -0.2) is 15.0 Å². The standard InChI is InChI=1S/C19H13ClF3N3O.C14H11N/c1-12-17(8-3-14-9-10-24-18(20)11-14)25-13(2)26(12)15-4-6-16(7-5-15)27-19(21,22)23;1-12-6-5-9-14(15-12)11-10-13-7-3-2-4-8-13/h4-7,9-11H,1-2H3;2-9H,1H3. The predicted octanol–water partition coefficient (Wildman–Crippen LogP) is 7.63. The van der Waals surface area contributed by atoms with Crippen LogP contribution in [0, 0.1) is 44.5 Å². The van der Waals surface area contributed by atoms with Gasteiger partial charge in [0, 0.05) is 28.7 Å². The first-order valence-electron chi connectivity index (χ1n) is 12.6. The Morgan fingerprint density at radius 2 is 1.48 bits per heavy atom. The highest BCUT2D eigenvalue weighted by Gasteiger charge is 2.31. The quantitative estimate of drug-likeness (QED) is 0.158. The maximum absolute atomic E-state index is 12.3. The van der Waals surface area contributed by atoms with Crippen molar-refractivity contribution in [3.63, 3.8) is 0 Å². The summed E-state index contributed by atoms with van der Waals surface area (Å²) < 4.78 is 42.5. The van der Waals surface area contributed by atoms with Crippen molar-refractivity contribution in [3.8, 4) is 35.1 Å². The number of imidazole rings is 1. The van der Waals surface area contributed by atoms with Crippen molar-refractivity contribution in [3.05, 3.63) is 136 Å². The van der Waals surface area contributed by atoms with E-state index in [2.05, 4.69) is 43.4 Å². The molecule has 0 fully saturated rings. The Labute approximate surface area is 247 Å².